The molecule has 4 heteroatoms. The van der Waals surface area contributed by atoms with E-state index < -0.39 is 0 Å². The minimum absolute atomic E-state index is 0.147. The highest BCUT2D eigenvalue weighted by atomic mass is 19.1. The van der Waals surface area contributed by atoms with Crippen molar-refractivity contribution in [1.82, 2.24) is 0 Å². The van der Waals surface area contributed by atoms with E-state index in [0.717, 1.165) is 24.1 Å². The fraction of sp³-hybridized carbons (Fsp3) is 0.316. The van der Waals surface area contributed by atoms with E-state index in [0.29, 0.717) is 12.4 Å². The summed E-state index contributed by atoms with van der Waals surface area (Å²) in [5.74, 6) is 0.226. The maximum Gasteiger partial charge on any atom is 0.123 e. The first kappa shape index (κ1) is 16.8. The average Bonchev–Trinajstić information content (AvgIpc) is 2.56. The Morgan fingerprint density at radius 3 is 2.57 bits per heavy atom. The normalized spacial score (nSPS) is 11.6. The third kappa shape index (κ3) is 5.00. The summed E-state index contributed by atoms with van der Waals surface area (Å²) in [5, 5.41) is 9.41. The van der Waals surface area contributed by atoms with Gasteiger partial charge in [-0.2, -0.15) is 5.26 Å². The largest absolute Gasteiger partial charge is 0.494 e. The highest BCUT2D eigenvalue weighted by Crippen LogP contribution is 2.24. The van der Waals surface area contributed by atoms with Crippen LogP contribution in [-0.4, -0.2) is 20.7 Å². The van der Waals surface area contributed by atoms with Crippen LogP contribution in [0.2, 0.25) is 0 Å². The summed E-state index contributed by atoms with van der Waals surface area (Å²) in [6.45, 7) is 0.511. The van der Waals surface area contributed by atoms with Gasteiger partial charge in [-0.3, -0.25) is 0 Å². The average molecular weight is 312 g/mol. The van der Waals surface area contributed by atoms with Gasteiger partial charge in [-0.25, -0.2) is 4.39 Å². The third-order valence-corrected chi connectivity index (χ3v) is 3.66. The Hall–Kier alpha value is -2.54. The van der Waals surface area contributed by atoms with Crippen molar-refractivity contribution in [3.8, 4) is 11.8 Å². The van der Waals surface area contributed by atoms with Gasteiger partial charge in [0.15, 0.2) is 0 Å². The molecular weight excluding hydrogens is 291 g/mol. The van der Waals surface area contributed by atoms with Crippen molar-refractivity contribution in [3.63, 3.8) is 0 Å². The van der Waals surface area contributed by atoms with Gasteiger partial charge in [0.25, 0.3) is 0 Å². The summed E-state index contributed by atoms with van der Waals surface area (Å²) in [6, 6.07) is 16.4. The number of nitrogens with zero attached hydrogens (tertiary/aromatic N) is 2. The Labute approximate surface area is 136 Å². The molecule has 1 atom stereocenters. The van der Waals surface area contributed by atoms with Gasteiger partial charge in [0.2, 0.25) is 0 Å². The smallest absolute Gasteiger partial charge is 0.123 e. The van der Waals surface area contributed by atoms with Crippen molar-refractivity contribution in [1.29, 1.82) is 5.26 Å². The molecule has 0 radical (unpaired) electrons. The van der Waals surface area contributed by atoms with Crippen LogP contribution in [0.3, 0.4) is 0 Å². The van der Waals surface area contributed by atoms with E-state index in [-0.39, 0.29) is 11.7 Å². The van der Waals surface area contributed by atoms with Gasteiger partial charge >= 0.3 is 0 Å². The maximum atomic E-state index is 12.8. The van der Waals surface area contributed by atoms with Crippen molar-refractivity contribution in [2.24, 2.45) is 0 Å². The van der Waals surface area contributed by atoms with Crippen LogP contribution in [0.1, 0.15) is 24.3 Å². The van der Waals surface area contributed by atoms with E-state index >= 15 is 0 Å². The monoisotopic (exact) mass is 312 g/mol. The van der Waals surface area contributed by atoms with Gasteiger partial charge < -0.3 is 9.64 Å². The predicted molar refractivity (Wildman–Crippen MR) is 90.3 cm³/mol. The number of benzene rings is 2. The molecule has 0 heterocycles. The first-order valence-corrected chi connectivity index (χ1v) is 7.65. The SMILES string of the molecule is CN(C)c1cccc(C(C#N)CCCOc2ccc(F)cc2)c1. The highest BCUT2D eigenvalue weighted by molar-refractivity contribution is 5.48. The summed E-state index contributed by atoms with van der Waals surface area (Å²) in [4.78, 5) is 2.02. The number of anilines is 1. The number of nitriles is 1. The molecular formula is C19H21FN2O. The Kier molecular flexibility index (Phi) is 5.99. The van der Waals surface area contributed by atoms with E-state index in [2.05, 4.69) is 12.1 Å². The van der Waals surface area contributed by atoms with Crippen molar-refractivity contribution in [2.75, 3.05) is 25.6 Å². The molecule has 0 amide bonds. The lowest BCUT2D eigenvalue weighted by atomic mass is 9.95. The van der Waals surface area contributed by atoms with Gasteiger partial charge in [-0.15, -0.1) is 0 Å². The van der Waals surface area contributed by atoms with Crippen molar-refractivity contribution in [3.05, 3.63) is 59.9 Å². The molecule has 0 saturated carbocycles. The maximum absolute atomic E-state index is 12.8. The van der Waals surface area contributed by atoms with Gasteiger partial charge in [-0.1, -0.05) is 12.1 Å². The van der Waals surface area contributed by atoms with Gasteiger partial charge in [0.05, 0.1) is 18.6 Å². The molecule has 0 fully saturated rings. The van der Waals surface area contributed by atoms with Crippen LogP contribution in [0.4, 0.5) is 10.1 Å². The van der Waals surface area contributed by atoms with Crippen LogP contribution >= 0.6 is 0 Å². The lowest BCUT2D eigenvalue weighted by Gasteiger charge is -2.16. The summed E-state index contributed by atoms with van der Waals surface area (Å²) in [5.41, 5.74) is 2.12. The van der Waals surface area contributed by atoms with Crippen molar-refractivity contribution in [2.45, 2.75) is 18.8 Å². The molecule has 120 valence electrons. The first-order chi connectivity index (χ1) is 11.1. The molecule has 0 saturated heterocycles. The number of ether oxygens (including phenoxy) is 1. The number of hydrogen-bond donors (Lipinski definition) is 0. The molecule has 23 heavy (non-hydrogen) atoms. The fourth-order valence-electron chi connectivity index (χ4n) is 2.33. The molecule has 0 aliphatic carbocycles. The lowest BCUT2D eigenvalue weighted by Crippen LogP contribution is -2.09. The molecule has 2 rings (SSSR count). The fourth-order valence-corrected chi connectivity index (χ4v) is 2.33. The van der Waals surface area contributed by atoms with Crippen LogP contribution in [0.15, 0.2) is 48.5 Å². The second-order valence-electron chi connectivity index (χ2n) is 5.62. The van der Waals surface area contributed by atoms with E-state index in [4.69, 9.17) is 4.74 Å². The predicted octanol–water partition coefficient (Wildman–Crippen LogP) is 4.36. The van der Waals surface area contributed by atoms with E-state index in [9.17, 15) is 9.65 Å². The zero-order valence-electron chi connectivity index (χ0n) is 13.5. The quantitative estimate of drug-likeness (QED) is 0.713. The summed E-state index contributed by atoms with van der Waals surface area (Å²) in [6.07, 6.45) is 1.50. The topological polar surface area (TPSA) is 36.3 Å². The lowest BCUT2D eigenvalue weighted by molar-refractivity contribution is 0.304. The number of halogens is 1. The Balaban J connectivity index is 1.86. The van der Waals surface area contributed by atoms with E-state index in [1.807, 2.05) is 37.2 Å². The Morgan fingerprint density at radius 2 is 1.91 bits per heavy atom. The second kappa shape index (κ2) is 8.19. The Morgan fingerprint density at radius 1 is 1.17 bits per heavy atom. The molecule has 0 aliphatic rings. The minimum Gasteiger partial charge on any atom is -0.494 e. The zero-order chi connectivity index (χ0) is 16.7. The molecule has 3 nitrogen and oxygen atoms in total. The van der Waals surface area contributed by atoms with Crippen LogP contribution < -0.4 is 9.64 Å². The molecule has 2 aromatic rings. The second-order valence-corrected chi connectivity index (χ2v) is 5.62. The van der Waals surface area contributed by atoms with Crippen LogP contribution in [0.5, 0.6) is 5.75 Å². The van der Waals surface area contributed by atoms with Crippen molar-refractivity contribution >= 4 is 5.69 Å². The third-order valence-electron chi connectivity index (χ3n) is 3.66. The zero-order valence-corrected chi connectivity index (χ0v) is 13.5. The summed E-state index contributed by atoms with van der Waals surface area (Å²) >= 11 is 0. The summed E-state index contributed by atoms with van der Waals surface area (Å²) < 4.78 is 18.4. The van der Waals surface area contributed by atoms with Crippen molar-refractivity contribution < 1.29 is 9.13 Å². The van der Waals surface area contributed by atoms with Crippen LogP contribution in [0, 0.1) is 17.1 Å². The summed E-state index contributed by atoms with van der Waals surface area (Å²) in [7, 11) is 3.97. The molecule has 0 aromatic heterocycles. The Bertz CT molecular complexity index is 662. The minimum atomic E-state index is -0.275. The van der Waals surface area contributed by atoms with Crippen LogP contribution in [0.25, 0.3) is 0 Å². The van der Waals surface area contributed by atoms with Gasteiger partial charge in [-0.05, 0) is 54.8 Å². The van der Waals surface area contributed by atoms with E-state index in [1.165, 1.54) is 12.1 Å². The molecule has 1 unspecified atom stereocenters. The van der Waals surface area contributed by atoms with Gasteiger partial charge in [0.1, 0.15) is 11.6 Å². The van der Waals surface area contributed by atoms with Crippen LogP contribution in [-0.2, 0) is 0 Å². The standard InChI is InChI=1S/C19H21FN2O/c1-22(2)18-7-3-5-15(13-18)16(14-21)6-4-12-23-19-10-8-17(20)9-11-19/h3,5,7-11,13,16H,4,6,12H2,1-2H3. The van der Waals surface area contributed by atoms with Gasteiger partial charge in [0, 0.05) is 19.8 Å². The highest BCUT2D eigenvalue weighted by Gasteiger charge is 2.11. The molecule has 0 bridgehead atoms. The number of rotatable bonds is 7. The van der Waals surface area contributed by atoms with E-state index in [1.54, 1.807) is 12.1 Å². The first-order valence-electron chi connectivity index (χ1n) is 7.65. The molecule has 2 aromatic carbocycles. The molecule has 0 N–H and O–H groups in total. The number of hydrogen-bond acceptors (Lipinski definition) is 3. The molecule has 0 aliphatic heterocycles. The molecule has 0 spiro atoms.